The number of aliphatic imine (C=N–C) groups is 1. The number of hydrogen-bond acceptors (Lipinski definition) is 6. The molecule has 4 rings (SSSR count). The van der Waals surface area contributed by atoms with Gasteiger partial charge in [-0.1, -0.05) is 0 Å². The largest absolute Gasteiger partial charge is 0.573 e. The number of carbonyl (C=O) groups is 2. The van der Waals surface area contributed by atoms with Crippen molar-refractivity contribution in [3.05, 3.63) is 63.8 Å². The highest BCUT2D eigenvalue weighted by atomic mass is 32.2. The number of piperidine rings is 1. The van der Waals surface area contributed by atoms with Crippen molar-refractivity contribution >= 4 is 39.6 Å². The number of sulfonamides is 1. The van der Waals surface area contributed by atoms with E-state index in [1.54, 1.807) is 26.0 Å². The maximum absolute atomic E-state index is 13.8. The molecule has 2 aromatic rings. The molecule has 0 aromatic heterocycles. The lowest BCUT2D eigenvalue weighted by molar-refractivity contribution is -0.275. The van der Waals surface area contributed by atoms with Crippen LogP contribution in [0.4, 0.5) is 28.0 Å². The van der Waals surface area contributed by atoms with Crippen molar-refractivity contribution in [2.75, 3.05) is 25.0 Å². The molecule has 1 fully saturated rings. The van der Waals surface area contributed by atoms with Crippen molar-refractivity contribution < 1.29 is 40.3 Å². The number of alkyl halides is 3. The Kier molecular flexibility index (Phi) is 7.88. The number of nitrogens with zero attached hydrogens (tertiary/aromatic N) is 3. The highest BCUT2D eigenvalue weighted by molar-refractivity contribution is 7.92. The lowest BCUT2D eigenvalue weighted by Crippen LogP contribution is -2.50. The smallest absolute Gasteiger partial charge is 0.403 e. The van der Waals surface area contributed by atoms with Gasteiger partial charge in [0.05, 0.1) is 0 Å². The maximum Gasteiger partial charge on any atom is 0.573 e. The van der Waals surface area contributed by atoms with Crippen molar-refractivity contribution in [1.29, 1.82) is 0 Å². The van der Waals surface area contributed by atoms with Crippen molar-refractivity contribution in [3.8, 4) is 5.75 Å². The Labute approximate surface area is 233 Å². The molecule has 2 heterocycles. The number of urea groups is 1. The van der Waals surface area contributed by atoms with E-state index in [1.807, 2.05) is 0 Å². The molecule has 1 spiro atoms. The molecule has 10 nitrogen and oxygen atoms in total. The van der Waals surface area contributed by atoms with E-state index < -0.39 is 45.4 Å². The summed E-state index contributed by atoms with van der Waals surface area (Å²) in [7, 11) is -2.36. The molecule has 2 aliphatic rings. The van der Waals surface area contributed by atoms with Crippen LogP contribution in [0.3, 0.4) is 0 Å². The van der Waals surface area contributed by atoms with Crippen LogP contribution in [0.2, 0.25) is 0 Å². The zero-order chi connectivity index (χ0) is 30.3. The number of rotatable bonds is 6. The predicted octanol–water partition coefficient (Wildman–Crippen LogP) is 3.57. The predicted molar refractivity (Wildman–Crippen MR) is 143 cm³/mol. The molecule has 41 heavy (non-hydrogen) atoms. The van der Waals surface area contributed by atoms with Gasteiger partial charge in [0, 0.05) is 36.8 Å². The summed E-state index contributed by atoms with van der Waals surface area (Å²) >= 11 is 0. The van der Waals surface area contributed by atoms with Crippen LogP contribution >= 0.6 is 0 Å². The van der Waals surface area contributed by atoms with Crippen molar-refractivity contribution in [2.24, 2.45) is 10.7 Å². The molecular weight excluding hydrogens is 570 g/mol. The Morgan fingerprint density at radius 1 is 1.17 bits per heavy atom. The number of primary amides is 1. The van der Waals surface area contributed by atoms with Crippen molar-refractivity contribution in [2.45, 2.75) is 38.6 Å². The molecule has 0 radical (unpaired) electrons. The van der Waals surface area contributed by atoms with Gasteiger partial charge in [0.25, 0.3) is 5.91 Å². The molecule has 15 heteroatoms. The summed E-state index contributed by atoms with van der Waals surface area (Å²) in [5.41, 5.74) is 6.68. The maximum atomic E-state index is 13.8. The van der Waals surface area contributed by atoms with Crippen LogP contribution in [0.5, 0.6) is 5.75 Å². The summed E-state index contributed by atoms with van der Waals surface area (Å²) in [6, 6.07) is 5.50. The minimum Gasteiger partial charge on any atom is -0.403 e. The van der Waals surface area contributed by atoms with Crippen LogP contribution in [-0.4, -0.2) is 62.5 Å². The molecule has 3 N–H and O–H groups in total. The number of carbonyl (C=O) groups excluding carboxylic acids is 2. The second kappa shape index (κ2) is 10.8. The molecule has 1 saturated heterocycles. The van der Waals surface area contributed by atoms with Crippen molar-refractivity contribution in [3.63, 3.8) is 0 Å². The Morgan fingerprint density at radius 3 is 2.34 bits per heavy atom. The van der Waals surface area contributed by atoms with E-state index >= 15 is 0 Å². The molecule has 0 atom stereocenters. The fraction of sp³-hybridized carbons (Fsp3) is 0.346. The third kappa shape index (κ3) is 6.35. The molecular formula is C26H27F4N5O5S. The number of nitrogens with two attached hydrogens (primary N) is 1. The third-order valence-electron chi connectivity index (χ3n) is 7.02. The normalized spacial score (nSPS) is 17.5. The van der Waals surface area contributed by atoms with Crippen molar-refractivity contribution in [1.82, 2.24) is 9.62 Å². The molecule has 3 amide bonds. The van der Waals surface area contributed by atoms with E-state index in [0.29, 0.717) is 11.3 Å². The highest BCUT2D eigenvalue weighted by Gasteiger charge is 2.47. The number of ether oxygens (including phenoxy) is 1. The molecule has 0 saturated carbocycles. The Morgan fingerprint density at radius 2 is 1.78 bits per heavy atom. The first-order chi connectivity index (χ1) is 19.0. The molecule has 0 unspecified atom stereocenters. The minimum absolute atomic E-state index is 0.00707. The molecule has 2 aliphatic heterocycles. The van der Waals surface area contributed by atoms with Crippen LogP contribution in [0.15, 0.2) is 40.7 Å². The Hall–Kier alpha value is -3.98. The lowest BCUT2D eigenvalue weighted by atomic mass is 9.89. The van der Waals surface area contributed by atoms with Gasteiger partial charge in [0.1, 0.15) is 11.4 Å². The van der Waals surface area contributed by atoms with Crippen LogP contribution in [0.1, 0.15) is 35.1 Å². The molecule has 2 aromatic carbocycles. The zero-order valence-corrected chi connectivity index (χ0v) is 23.1. The van der Waals surface area contributed by atoms with Crippen LogP contribution in [0.25, 0.3) is 6.08 Å². The van der Waals surface area contributed by atoms with Gasteiger partial charge in [-0.25, -0.2) is 17.6 Å². The average molecular weight is 598 g/mol. The number of amides is 3. The molecule has 0 aliphatic carbocycles. The molecule has 0 bridgehead atoms. The van der Waals surface area contributed by atoms with E-state index in [2.05, 4.69) is 15.0 Å². The van der Waals surface area contributed by atoms with Crippen LogP contribution < -0.4 is 20.7 Å². The van der Waals surface area contributed by atoms with Gasteiger partial charge in [0.15, 0.2) is 11.6 Å². The van der Waals surface area contributed by atoms with Crippen LogP contribution in [-0.2, 0) is 14.8 Å². The number of hydrogen-bond donors (Lipinski definition) is 2. The van der Waals surface area contributed by atoms with E-state index in [-0.39, 0.29) is 37.3 Å². The summed E-state index contributed by atoms with van der Waals surface area (Å²) in [6.45, 7) is 3.47. The van der Waals surface area contributed by atoms with E-state index in [9.17, 15) is 35.6 Å². The number of halogens is 4. The first kappa shape index (κ1) is 30.0. The number of benzene rings is 2. The Bertz CT molecular complexity index is 1540. The van der Waals surface area contributed by atoms with Gasteiger partial charge < -0.3 is 15.8 Å². The third-order valence-corrected chi connectivity index (χ3v) is 8.59. The summed E-state index contributed by atoms with van der Waals surface area (Å²) < 4.78 is 82.7. The van der Waals surface area contributed by atoms with Gasteiger partial charge in [-0.2, -0.15) is 4.31 Å². The first-order valence-electron chi connectivity index (χ1n) is 12.3. The highest BCUT2D eigenvalue weighted by Crippen LogP contribution is 2.34. The zero-order valence-electron chi connectivity index (χ0n) is 22.3. The number of anilines is 1. The average Bonchev–Trinajstić information content (AvgIpc) is 3.18. The molecule has 220 valence electrons. The standard InChI is InChI=1S/C26H27F4N5O5S/c1-15-12-18(34(3)24(31)37)13-16(2)19(15)6-11-41(38,39)35-9-7-25(8-10-35)23(36)32-22(33-25)17-4-5-20(27)21(14-17)40-26(28,29)30/h4-6,11-14H,7-10H2,1-3H3,(H2,31,37)(H,32,33,36)/b11-6+. The number of amidine groups is 1. The quantitative estimate of drug-likeness (QED) is 0.491. The van der Waals surface area contributed by atoms with Gasteiger partial charge in [-0.15, -0.1) is 13.2 Å². The second-order valence-electron chi connectivity index (χ2n) is 9.78. The minimum atomic E-state index is -5.11. The number of nitrogens with one attached hydrogen (secondary N) is 1. The van der Waals surface area contributed by atoms with Gasteiger partial charge >= 0.3 is 12.4 Å². The first-order valence-corrected chi connectivity index (χ1v) is 13.8. The van der Waals surface area contributed by atoms with E-state index in [1.165, 1.54) is 22.3 Å². The summed E-state index contributed by atoms with van der Waals surface area (Å²) in [4.78, 5) is 30.0. The lowest BCUT2D eigenvalue weighted by Gasteiger charge is -2.34. The topological polar surface area (TPSA) is 134 Å². The van der Waals surface area contributed by atoms with E-state index in [0.717, 1.165) is 34.7 Å². The van der Waals surface area contributed by atoms with E-state index in [4.69, 9.17) is 5.73 Å². The van der Waals surface area contributed by atoms with Gasteiger partial charge in [0.2, 0.25) is 10.0 Å². The monoisotopic (exact) mass is 597 g/mol. The fourth-order valence-corrected chi connectivity index (χ4v) is 5.90. The summed E-state index contributed by atoms with van der Waals surface area (Å²) in [5.74, 6) is -2.90. The van der Waals surface area contributed by atoms with Crippen LogP contribution in [0, 0.1) is 19.7 Å². The SMILES string of the molecule is Cc1cc(N(C)C(N)=O)cc(C)c1/C=C/S(=O)(=O)N1CCC2(CC1)N=C(c1ccc(F)c(OC(F)(F)F)c1)NC2=O. The van der Waals surface area contributed by atoms with Gasteiger partial charge in [-0.05, 0) is 79.8 Å². The van der Waals surface area contributed by atoms with Gasteiger partial charge in [-0.3, -0.25) is 14.7 Å². The number of aryl methyl sites for hydroxylation is 2. The summed E-state index contributed by atoms with van der Waals surface area (Å²) in [5, 5.41) is 3.58. The fourth-order valence-electron chi connectivity index (χ4n) is 4.73. The summed E-state index contributed by atoms with van der Waals surface area (Å²) in [6.07, 6.45) is -3.60. The second-order valence-corrected chi connectivity index (χ2v) is 11.6. The Balaban J connectivity index is 1.49.